The first kappa shape index (κ1) is 16.3. The highest BCUT2D eigenvalue weighted by atomic mass is 32.2. The van der Waals surface area contributed by atoms with Crippen molar-refractivity contribution >= 4 is 11.8 Å². The van der Waals surface area contributed by atoms with Gasteiger partial charge in [0.25, 0.3) is 0 Å². The summed E-state index contributed by atoms with van der Waals surface area (Å²) >= 11 is 2.50. The number of piperidine rings is 1. The monoisotopic (exact) mass is 359 g/mol. The second kappa shape index (κ2) is 6.16. The topological polar surface area (TPSA) is 3.24 Å². The molecule has 140 valence electrons. The maximum atomic E-state index is 3.28. The van der Waals surface area contributed by atoms with Crippen molar-refractivity contribution < 1.29 is 0 Å². The lowest BCUT2D eigenvalue weighted by molar-refractivity contribution is -0.148. The highest BCUT2D eigenvalue weighted by molar-refractivity contribution is 8.00. The second-order valence-electron chi connectivity index (χ2n) is 10.6. The number of nitrogens with zero attached hydrogens (tertiary/aromatic N) is 1. The van der Waals surface area contributed by atoms with Gasteiger partial charge >= 0.3 is 0 Å². The maximum absolute atomic E-state index is 3.28. The van der Waals surface area contributed by atoms with Gasteiger partial charge in [0.05, 0.1) is 0 Å². The van der Waals surface area contributed by atoms with Crippen LogP contribution in [-0.4, -0.2) is 33.5 Å². The van der Waals surface area contributed by atoms with Crippen molar-refractivity contribution in [2.75, 3.05) is 0 Å². The maximum Gasteiger partial charge on any atom is 0.0255 e. The van der Waals surface area contributed by atoms with Gasteiger partial charge in [-0.05, 0) is 74.5 Å². The van der Waals surface area contributed by atoms with E-state index in [1.807, 2.05) is 0 Å². The minimum Gasteiger partial charge on any atom is -0.292 e. The molecule has 6 rings (SSSR count). The lowest BCUT2D eigenvalue weighted by atomic mass is 9.52. The Labute approximate surface area is 159 Å². The molecule has 0 radical (unpaired) electrons. The molecule has 25 heavy (non-hydrogen) atoms. The summed E-state index contributed by atoms with van der Waals surface area (Å²) in [6.45, 7) is 2.63. The molecule has 2 heteroatoms. The molecule has 0 amide bonds. The third-order valence-electron chi connectivity index (χ3n) is 9.63. The Morgan fingerprint density at radius 3 is 2.32 bits per heavy atom. The summed E-state index contributed by atoms with van der Waals surface area (Å²) in [6.07, 6.45) is 18.5. The molecule has 1 nitrogen and oxygen atoms in total. The lowest BCUT2D eigenvalue weighted by Gasteiger charge is -2.68. The normalized spacial score (nSPS) is 58.0. The molecular weight excluding hydrogens is 322 g/mol. The van der Waals surface area contributed by atoms with Crippen molar-refractivity contribution in [1.29, 1.82) is 0 Å². The van der Waals surface area contributed by atoms with Crippen LogP contribution >= 0.6 is 11.8 Å². The van der Waals surface area contributed by atoms with Crippen molar-refractivity contribution in [3.63, 3.8) is 0 Å². The predicted molar refractivity (Wildman–Crippen MR) is 107 cm³/mol. The Bertz CT molecular complexity index is 520. The van der Waals surface area contributed by atoms with Crippen molar-refractivity contribution in [2.45, 2.75) is 113 Å². The number of hydrogen-bond donors (Lipinski definition) is 0. The summed E-state index contributed by atoms with van der Waals surface area (Å²) < 4.78 is 0. The van der Waals surface area contributed by atoms with Gasteiger partial charge in [0.15, 0.2) is 0 Å². The largest absolute Gasteiger partial charge is 0.292 e. The van der Waals surface area contributed by atoms with Crippen LogP contribution in [0.3, 0.4) is 0 Å². The lowest BCUT2D eigenvalue weighted by Crippen LogP contribution is -2.73. The van der Waals surface area contributed by atoms with Crippen molar-refractivity contribution in [3.8, 4) is 0 Å². The second-order valence-corrected chi connectivity index (χ2v) is 12.1. The molecule has 4 saturated carbocycles. The van der Waals surface area contributed by atoms with Crippen LogP contribution in [0.4, 0.5) is 0 Å². The van der Waals surface area contributed by atoms with Gasteiger partial charge in [-0.2, -0.15) is 11.8 Å². The SMILES string of the molecule is CC1CC2SC3CCCCC3N3C4CCCCC4C4CCCC1C4C23. The Morgan fingerprint density at radius 1 is 0.680 bits per heavy atom. The zero-order chi connectivity index (χ0) is 16.5. The van der Waals surface area contributed by atoms with Gasteiger partial charge in [-0.25, -0.2) is 0 Å². The van der Waals surface area contributed by atoms with Gasteiger partial charge < -0.3 is 0 Å². The van der Waals surface area contributed by atoms with Gasteiger partial charge in [-0.1, -0.05) is 39.0 Å². The van der Waals surface area contributed by atoms with Crippen LogP contribution in [0.1, 0.15) is 84.0 Å². The summed E-state index contributed by atoms with van der Waals surface area (Å²) in [5, 5.41) is 1.97. The fourth-order valence-corrected chi connectivity index (χ4v) is 11.0. The molecule has 0 aromatic carbocycles. The molecule has 0 N–H and O–H groups in total. The van der Waals surface area contributed by atoms with Gasteiger partial charge in [0.2, 0.25) is 0 Å². The smallest absolute Gasteiger partial charge is 0.0255 e. The first-order valence-electron chi connectivity index (χ1n) is 11.8. The van der Waals surface area contributed by atoms with Gasteiger partial charge in [0, 0.05) is 28.6 Å². The Kier molecular flexibility index (Phi) is 4.01. The molecule has 6 aliphatic rings. The van der Waals surface area contributed by atoms with Gasteiger partial charge in [0.1, 0.15) is 0 Å². The molecule has 10 atom stereocenters. The molecule has 6 fully saturated rings. The van der Waals surface area contributed by atoms with Crippen LogP contribution in [0.15, 0.2) is 0 Å². The van der Waals surface area contributed by atoms with Crippen molar-refractivity contribution in [2.24, 2.45) is 29.6 Å². The number of hydrogen-bond acceptors (Lipinski definition) is 2. The van der Waals surface area contributed by atoms with E-state index in [-0.39, 0.29) is 0 Å². The molecule has 2 saturated heterocycles. The van der Waals surface area contributed by atoms with Crippen LogP contribution in [0.5, 0.6) is 0 Å². The van der Waals surface area contributed by atoms with Crippen LogP contribution < -0.4 is 0 Å². The van der Waals surface area contributed by atoms with Gasteiger partial charge in [-0.15, -0.1) is 0 Å². The summed E-state index contributed by atoms with van der Waals surface area (Å²) in [6, 6.07) is 2.93. The van der Waals surface area contributed by atoms with E-state index in [4.69, 9.17) is 0 Å². The van der Waals surface area contributed by atoms with Crippen molar-refractivity contribution in [1.82, 2.24) is 4.90 Å². The zero-order valence-corrected chi connectivity index (χ0v) is 16.9. The molecule has 2 heterocycles. The summed E-state index contributed by atoms with van der Waals surface area (Å²) in [5.74, 6) is 5.35. The van der Waals surface area contributed by atoms with E-state index in [9.17, 15) is 0 Å². The van der Waals surface area contributed by atoms with E-state index in [1.54, 1.807) is 38.5 Å². The molecule has 0 aromatic rings. The summed E-state index contributed by atoms with van der Waals surface area (Å²) in [4.78, 5) is 3.28. The van der Waals surface area contributed by atoms with Crippen LogP contribution in [0.2, 0.25) is 0 Å². The first-order valence-corrected chi connectivity index (χ1v) is 12.7. The fraction of sp³-hybridized carbons (Fsp3) is 1.00. The summed E-state index contributed by atoms with van der Waals surface area (Å²) in [5.41, 5.74) is 0. The average Bonchev–Trinajstić information content (AvgIpc) is 2.66. The minimum atomic E-state index is 0.961. The minimum absolute atomic E-state index is 0.961. The van der Waals surface area contributed by atoms with E-state index in [1.165, 1.54) is 38.5 Å². The van der Waals surface area contributed by atoms with E-state index in [2.05, 4.69) is 23.6 Å². The average molecular weight is 360 g/mol. The highest BCUT2D eigenvalue weighted by Gasteiger charge is 2.61. The number of fused-ring (bicyclic) bond motifs is 5. The zero-order valence-electron chi connectivity index (χ0n) is 16.1. The van der Waals surface area contributed by atoms with Gasteiger partial charge in [-0.3, -0.25) is 4.90 Å². The summed E-state index contributed by atoms with van der Waals surface area (Å²) in [7, 11) is 0. The van der Waals surface area contributed by atoms with Crippen LogP contribution in [0, 0.1) is 29.6 Å². The van der Waals surface area contributed by atoms with E-state index >= 15 is 0 Å². The van der Waals surface area contributed by atoms with E-state index in [0.717, 1.165) is 58.2 Å². The molecule has 10 unspecified atom stereocenters. The predicted octanol–water partition coefficient (Wildman–Crippen LogP) is 5.73. The first-order chi connectivity index (χ1) is 12.3. The standard InChI is InChI=1S/C23H37NS/c1-14-13-21-23-22-15(14)8-6-9-17(22)16-7-2-3-10-18(16)24(23)19-11-4-5-12-20(19)25-21/h14-23H,2-13H2,1H3. The van der Waals surface area contributed by atoms with Crippen LogP contribution in [0.25, 0.3) is 0 Å². The third-order valence-corrected chi connectivity index (χ3v) is 11.4. The quantitative estimate of drug-likeness (QED) is 0.543. The fourth-order valence-electron chi connectivity index (χ4n) is 8.92. The molecule has 0 aromatic heterocycles. The number of rotatable bonds is 0. The number of thioether (sulfide) groups is 1. The van der Waals surface area contributed by atoms with Crippen molar-refractivity contribution in [3.05, 3.63) is 0 Å². The van der Waals surface area contributed by atoms with E-state index < -0.39 is 0 Å². The molecular formula is C23H37NS. The molecule has 2 aliphatic heterocycles. The molecule has 0 spiro atoms. The molecule has 0 bridgehead atoms. The highest BCUT2D eigenvalue weighted by Crippen LogP contribution is 2.62. The Morgan fingerprint density at radius 2 is 1.40 bits per heavy atom. The third kappa shape index (κ3) is 2.31. The van der Waals surface area contributed by atoms with Crippen LogP contribution in [-0.2, 0) is 0 Å². The molecule has 4 aliphatic carbocycles. The Balaban J connectivity index is 1.44. The van der Waals surface area contributed by atoms with E-state index in [0.29, 0.717) is 0 Å². The Hall–Kier alpha value is 0.310.